The molecule has 0 radical (unpaired) electrons. The summed E-state index contributed by atoms with van der Waals surface area (Å²) in [5.41, 5.74) is 0.582. The maximum Gasteiger partial charge on any atom is 0.573 e. The number of ketones is 1. The van der Waals surface area contributed by atoms with E-state index in [2.05, 4.69) is 4.74 Å². The quantitative estimate of drug-likeness (QED) is 0.409. The van der Waals surface area contributed by atoms with Crippen molar-refractivity contribution in [3.8, 4) is 23.0 Å². The molecule has 3 aromatic carbocycles. The molecule has 0 atom stereocenters. The molecule has 0 heterocycles. The Morgan fingerprint density at radius 1 is 1.00 bits per heavy atom. The highest BCUT2D eigenvalue weighted by Crippen LogP contribution is 2.42. The van der Waals surface area contributed by atoms with Gasteiger partial charge in [0.2, 0.25) is 0 Å². The van der Waals surface area contributed by atoms with Gasteiger partial charge < -0.3 is 14.2 Å². The smallest absolute Gasteiger partial charge is 0.488 e. The molecule has 0 aliphatic carbocycles. The number of hydrogen-bond acceptors (Lipinski definition) is 4. The molecule has 3 rings (SSSR count). The Hall–Kier alpha value is -2.93. The van der Waals surface area contributed by atoms with E-state index in [0.717, 1.165) is 16.8 Å². The molecule has 0 amide bonds. The molecule has 0 aromatic heterocycles. The van der Waals surface area contributed by atoms with Crippen molar-refractivity contribution in [1.82, 2.24) is 0 Å². The molecule has 0 fully saturated rings. The average Bonchev–Trinajstić information content (AvgIpc) is 2.63. The minimum atomic E-state index is -4.91. The number of carbonyl (C=O) groups excluding carboxylic acids is 1. The Balaban J connectivity index is 1.94. The van der Waals surface area contributed by atoms with Crippen molar-refractivity contribution in [1.29, 1.82) is 0 Å². The highest BCUT2D eigenvalue weighted by molar-refractivity contribution is 6.32. The van der Waals surface area contributed by atoms with E-state index in [1.807, 2.05) is 0 Å². The van der Waals surface area contributed by atoms with Crippen LogP contribution in [0.15, 0.2) is 48.5 Å². The summed E-state index contributed by atoms with van der Waals surface area (Å²) < 4.78 is 53.1. The van der Waals surface area contributed by atoms with E-state index < -0.39 is 12.1 Å². The second-order valence-corrected chi connectivity index (χ2v) is 6.50. The van der Waals surface area contributed by atoms with E-state index in [4.69, 9.17) is 21.1 Å². The molecule has 4 nitrogen and oxygen atoms in total. The van der Waals surface area contributed by atoms with Gasteiger partial charge in [-0.3, -0.25) is 4.79 Å². The van der Waals surface area contributed by atoms with Crippen LogP contribution in [0.1, 0.15) is 24.2 Å². The summed E-state index contributed by atoms with van der Waals surface area (Å²) in [4.78, 5) is 11.5. The Labute approximate surface area is 169 Å². The molecule has 29 heavy (non-hydrogen) atoms. The number of fused-ring (bicyclic) bond motifs is 1. The van der Waals surface area contributed by atoms with Crippen LogP contribution in [-0.4, -0.2) is 18.8 Å². The Morgan fingerprint density at radius 3 is 2.34 bits per heavy atom. The summed E-state index contributed by atoms with van der Waals surface area (Å²) in [5, 5.41) is 1.56. The first-order valence-electron chi connectivity index (χ1n) is 8.61. The van der Waals surface area contributed by atoms with Crippen LogP contribution in [0.3, 0.4) is 0 Å². The van der Waals surface area contributed by atoms with Crippen molar-refractivity contribution < 1.29 is 32.2 Å². The largest absolute Gasteiger partial charge is 0.573 e. The molecule has 0 saturated heterocycles. The molecule has 0 bridgehead atoms. The van der Waals surface area contributed by atoms with Crippen LogP contribution in [0.4, 0.5) is 13.2 Å². The molecular formula is C21H16ClF3O4. The van der Waals surface area contributed by atoms with E-state index in [0.29, 0.717) is 11.3 Å². The molecule has 0 saturated carbocycles. The number of halogens is 4. The third-order valence-corrected chi connectivity index (χ3v) is 4.23. The molecule has 0 aliphatic heterocycles. The van der Waals surface area contributed by atoms with Crippen LogP contribution in [0.5, 0.6) is 23.0 Å². The first-order valence-corrected chi connectivity index (χ1v) is 8.99. The van der Waals surface area contributed by atoms with Gasteiger partial charge in [0.25, 0.3) is 0 Å². The predicted octanol–water partition coefficient (Wildman–Crippen LogP) is 6.79. The van der Waals surface area contributed by atoms with Crippen LogP contribution in [-0.2, 0) is 0 Å². The normalized spacial score (nSPS) is 11.4. The first kappa shape index (κ1) is 20.8. The summed E-state index contributed by atoms with van der Waals surface area (Å²) in [7, 11) is 0. The fourth-order valence-electron chi connectivity index (χ4n) is 2.73. The van der Waals surface area contributed by atoms with Gasteiger partial charge in [-0.2, -0.15) is 0 Å². The van der Waals surface area contributed by atoms with Crippen molar-refractivity contribution >= 4 is 28.2 Å². The first-order chi connectivity index (χ1) is 13.7. The minimum Gasteiger partial charge on any atom is -0.488 e. The lowest BCUT2D eigenvalue weighted by Crippen LogP contribution is -2.18. The number of alkyl halides is 3. The van der Waals surface area contributed by atoms with Crippen molar-refractivity contribution in [2.75, 3.05) is 6.61 Å². The molecule has 0 aliphatic rings. The Bertz CT molecular complexity index is 1060. The third kappa shape index (κ3) is 5.12. The van der Waals surface area contributed by atoms with Crippen LogP contribution >= 0.6 is 11.6 Å². The Morgan fingerprint density at radius 2 is 1.69 bits per heavy atom. The van der Waals surface area contributed by atoms with E-state index in [9.17, 15) is 18.0 Å². The molecule has 8 heteroatoms. The van der Waals surface area contributed by atoms with Crippen LogP contribution in [0.2, 0.25) is 5.02 Å². The molecule has 0 unspecified atom stereocenters. The van der Waals surface area contributed by atoms with Gasteiger partial charge in [-0.25, -0.2) is 0 Å². The fourth-order valence-corrected chi connectivity index (χ4v) is 2.99. The van der Waals surface area contributed by atoms with Crippen LogP contribution < -0.4 is 14.2 Å². The van der Waals surface area contributed by atoms with Crippen molar-refractivity contribution in [2.45, 2.75) is 20.2 Å². The van der Waals surface area contributed by atoms with Gasteiger partial charge in [0, 0.05) is 17.7 Å². The van der Waals surface area contributed by atoms with Gasteiger partial charge in [-0.1, -0.05) is 29.8 Å². The van der Waals surface area contributed by atoms with E-state index in [1.165, 1.54) is 13.0 Å². The van der Waals surface area contributed by atoms with Gasteiger partial charge in [-0.15, -0.1) is 13.2 Å². The van der Waals surface area contributed by atoms with E-state index in [-0.39, 0.29) is 28.9 Å². The summed E-state index contributed by atoms with van der Waals surface area (Å²) in [6, 6.07) is 12.7. The average molecular weight is 425 g/mol. The zero-order chi connectivity index (χ0) is 21.2. The number of carbonyl (C=O) groups is 1. The summed E-state index contributed by atoms with van der Waals surface area (Å²) in [5.74, 6) is -0.417. The van der Waals surface area contributed by atoms with Crippen molar-refractivity contribution in [3.63, 3.8) is 0 Å². The maximum atomic E-state index is 12.7. The lowest BCUT2D eigenvalue weighted by molar-refractivity contribution is -0.275. The highest BCUT2D eigenvalue weighted by atomic mass is 35.5. The van der Waals surface area contributed by atoms with E-state index in [1.54, 1.807) is 43.3 Å². The monoisotopic (exact) mass is 424 g/mol. The predicted molar refractivity (Wildman–Crippen MR) is 103 cm³/mol. The van der Waals surface area contributed by atoms with Gasteiger partial charge in [0.1, 0.15) is 11.5 Å². The zero-order valence-corrected chi connectivity index (χ0v) is 16.2. The SMILES string of the molecule is CCOc1c(Cl)cc(Oc2ccc3cc(C(C)=O)ccc3c2)cc1OC(F)(F)F. The zero-order valence-electron chi connectivity index (χ0n) is 15.5. The second-order valence-electron chi connectivity index (χ2n) is 6.10. The lowest BCUT2D eigenvalue weighted by Gasteiger charge is -2.16. The summed E-state index contributed by atoms with van der Waals surface area (Å²) in [6.07, 6.45) is -4.91. The number of ether oxygens (including phenoxy) is 3. The van der Waals surface area contributed by atoms with Gasteiger partial charge in [-0.05, 0) is 42.8 Å². The Kier molecular flexibility index (Phi) is 5.88. The highest BCUT2D eigenvalue weighted by Gasteiger charge is 2.33. The van der Waals surface area contributed by atoms with Gasteiger partial charge in [0.05, 0.1) is 11.6 Å². The minimum absolute atomic E-state index is 0.0477. The fraction of sp³-hybridized carbons (Fsp3) is 0.190. The summed E-state index contributed by atoms with van der Waals surface area (Å²) >= 11 is 6.07. The number of Topliss-reactive ketones (excluding diaryl/α,β-unsaturated/α-hetero) is 1. The topological polar surface area (TPSA) is 44.8 Å². The van der Waals surface area contributed by atoms with Crippen molar-refractivity contribution in [3.05, 3.63) is 59.1 Å². The molecule has 0 spiro atoms. The molecule has 3 aromatic rings. The number of rotatable bonds is 6. The number of hydrogen-bond donors (Lipinski definition) is 0. The van der Waals surface area contributed by atoms with E-state index >= 15 is 0 Å². The third-order valence-electron chi connectivity index (χ3n) is 3.95. The van der Waals surface area contributed by atoms with Crippen LogP contribution in [0, 0.1) is 0 Å². The molecular weight excluding hydrogens is 409 g/mol. The molecule has 0 N–H and O–H groups in total. The standard InChI is InChI=1S/C21H16ClF3O4/c1-3-27-20-18(22)10-17(11-19(20)29-21(23,24)25)28-16-7-6-14-8-13(12(2)26)4-5-15(14)9-16/h4-11H,3H2,1-2H3. The van der Waals surface area contributed by atoms with Gasteiger partial charge in [0.15, 0.2) is 17.3 Å². The van der Waals surface area contributed by atoms with Crippen molar-refractivity contribution in [2.24, 2.45) is 0 Å². The maximum absolute atomic E-state index is 12.7. The summed E-state index contributed by atoms with van der Waals surface area (Å²) in [6.45, 7) is 3.21. The van der Waals surface area contributed by atoms with Crippen LogP contribution in [0.25, 0.3) is 10.8 Å². The molecule has 152 valence electrons. The second kappa shape index (κ2) is 8.21. The number of benzene rings is 3. The van der Waals surface area contributed by atoms with Gasteiger partial charge >= 0.3 is 6.36 Å². The lowest BCUT2D eigenvalue weighted by atomic mass is 10.0.